The number of rotatable bonds is 4. The second-order valence-corrected chi connectivity index (χ2v) is 4.66. The lowest BCUT2D eigenvalue weighted by molar-refractivity contribution is 0.253. The van der Waals surface area contributed by atoms with Crippen LogP contribution in [0.4, 0.5) is 0 Å². The molecule has 0 radical (unpaired) electrons. The molecule has 1 atom stereocenters. The van der Waals surface area contributed by atoms with Gasteiger partial charge in [0.05, 0.1) is 0 Å². The number of hydrogen-bond acceptors (Lipinski definition) is 1. The lowest BCUT2D eigenvalue weighted by Gasteiger charge is -2.27. The van der Waals surface area contributed by atoms with Crippen molar-refractivity contribution in [1.82, 2.24) is 5.32 Å². The number of nitrogens with one attached hydrogen (secondary N) is 1. The first kappa shape index (κ1) is 9.05. The molecule has 0 aromatic rings. The third-order valence-corrected chi connectivity index (χ3v) is 3.01. The van der Waals surface area contributed by atoms with Crippen LogP contribution in [0.1, 0.15) is 40.0 Å². The van der Waals surface area contributed by atoms with E-state index in [2.05, 4.69) is 26.1 Å². The van der Waals surface area contributed by atoms with Gasteiger partial charge in [-0.2, -0.15) is 0 Å². The first-order chi connectivity index (χ1) is 5.06. The molecule has 1 nitrogen and oxygen atoms in total. The van der Waals surface area contributed by atoms with Gasteiger partial charge in [-0.25, -0.2) is 0 Å². The Morgan fingerprint density at radius 3 is 2.36 bits per heavy atom. The largest absolute Gasteiger partial charge is 0.317 e. The van der Waals surface area contributed by atoms with Gasteiger partial charge in [0.1, 0.15) is 0 Å². The van der Waals surface area contributed by atoms with Crippen molar-refractivity contribution in [3.63, 3.8) is 0 Å². The van der Waals surface area contributed by atoms with E-state index in [4.69, 9.17) is 0 Å². The van der Waals surface area contributed by atoms with Crippen LogP contribution in [0, 0.1) is 11.3 Å². The molecule has 0 amide bonds. The van der Waals surface area contributed by atoms with Crippen LogP contribution in [-0.4, -0.2) is 13.1 Å². The molecule has 0 aromatic carbocycles. The van der Waals surface area contributed by atoms with Crippen molar-refractivity contribution in [3.05, 3.63) is 0 Å². The van der Waals surface area contributed by atoms with Crippen LogP contribution in [0.2, 0.25) is 0 Å². The summed E-state index contributed by atoms with van der Waals surface area (Å²) in [7, 11) is 2.05. The summed E-state index contributed by atoms with van der Waals surface area (Å²) in [5, 5.41) is 3.30. The van der Waals surface area contributed by atoms with E-state index in [9.17, 15) is 0 Å². The smallest absolute Gasteiger partial charge is 0.00409 e. The molecular weight excluding hydrogens is 134 g/mol. The molecule has 1 heteroatoms. The van der Waals surface area contributed by atoms with Crippen LogP contribution in [0.25, 0.3) is 0 Å². The lowest BCUT2D eigenvalue weighted by Crippen LogP contribution is -2.29. The van der Waals surface area contributed by atoms with Crippen molar-refractivity contribution in [2.24, 2.45) is 11.3 Å². The zero-order valence-corrected chi connectivity index (χ0v) is 8.28. The van der Waals surface area contributed by atoms with Gasteiger partial charge in [-0.05, 0) is 44.6 Å². The summed E-state index contributed by atoms with van der Waals surface area (Å²) < 4.78 is 0. The van der Waals surface area contributed by atoms with E-state index in [0.717, 1.165) is 5.92 Å². The summed E-state index contributed by atoms with van der Waals surface area (Å²) in [6, 6.07) is 0.672. The Morgan fingerprint density at radius 2 is 2.00 bits per heavy atom. The van der Waals surface area contributed by atoms with Crippen molar-refractivity contribution < 1.29 is 0 Å². The molecule has 0 aromatic heterocycles. The standard InChI is InChI=1S/C10H21N/c1-8(11-4)7-10(2,3)9-5-6-9/h8-9,11H,5-7H2,1-4H3. The fraction of sp³-hybridized carbons (Fsp3) is 1.00. The van der Waals surface area contributed by atoms with Gasteiger partial charge in [-0.15, -0.1) is 0 Å². The summed E-state index contributed by atoms with van der Waals surface area (Å²) in [5.41, 5.74) is 0.572. The van der Waals surface area contributed by atoms with E-state index in [1.807, 2.05) is 7.05 Å². The van der Waals surface area contributed by atoms with E-state index >= 15 is 0 Å². The third kappa shape index (κ3) is 2.48. The molecule has 1 fully saturated rings. The third-order valence-electron chi connectivity index (χ3n) is 3.01. The van der Waals surface area contributed by atoms with Gasteiger partial charge in [-0.3, -0.25) is 0 Å². The lowest BCUT2D eigenvalue weighted by atomic mass is 9.81. The normalized spacial score (nSPS) is 21.8. The van der Waals surface area contributed by atoms with Crippen molar-refractivity contribution in [1.29, 1.82) is 0 Å². The fourth-order valence-corrected chi connectivity index (χ4v) is 1.92. The summed E-state index contributed by atoms with van der Waals surface area (Å²) in [5.74, 6) is 1.01. The zero-order chi connectivity index (χ0) is 8.48. The average Bonchev–Trinajstić information content (AvgIpc) is 2.66. The predicted octanol–water partition coefficient (Wildman–Crippen LogP) is 2.42. The average molecular weight is 155 g/mol. The molecule has 1 rings (SSSR count). The molecule has 66 valence electrons. The summed E-state index contributed by atoms with van der Waals surface area (Å²) in [6.07, 6.45) is 4.24. The zero-order valence-electron chi connectivity index (χ0n) is 8.28. The van der Waals surface area contributed by atoms with Gasteiger partial charge in [0, 0.05) is 6.04 Å². The van der Waals surface area contributed by atoms with E-state index in [1.165, 1.54) is 19.3 Å². The minimum Gasteiger partial charge on any atom is -0.317 e. The molecule has 1 aliphatic carbocycles. The SMILES string of the molecule is CNC(C)CC(C)(C)C1CC1. The second-order valence-electron chi connectivity index (χ2n) is 4.66. The molecular formula is C10H21N. The molecule has 1 N–H and O–H groups in total. The molecule has 0 aliphatic heterocycles. The van der Waals surface area contributed by atoms with E-state index in [-0.39, 0.29) is 0 Å². The Kier molecular flexibility index (Phi) is 2.58. The second kappa shape index (κ2) is 3.14. The van der Waals surface area contributed by atoms with Crippen molar-refractivity contribution in [2.45, 2.75) is 46.1 Å². The van der Waals surface area contributed by atoms with Crippen LogP contribution in [0.15, 0.2) is 0 Å². The van der Waals surface area contributed by atoms with Crippen molar-refractivity contribution in [3.8, 4) is 0 Å². The van der Waals surface area contributed by atoms with Crippen molar-refractivity contribution >= 4 is 0 Å². The predicted molar refractivity (Wildman–Crippen MR) is 49.6 cm³/mol. The van der Waals surface area contributed by atoms with Gasteiger partial charge in [0.2, 0.25) is 0 Å². The molecule has 0 saturated heterocycles. The summed E-state index contributed by atoms with van der Waals surface area (Å²) in [6.45, 7) is 7.07. The Labute approximate surface area is 70.6 Å². The molecule has 0 bridgehead atoms. The van der Waals surface area contributed by atoms with Crippen LogP contribution in [-0.2, 0) is 0 Å². The minimum atomic E-state index is 0.572. The van der Waals surface area contributed by atoms with E-state index in [1.54, 1.807) is 0 Å². The van der Waals surface area contributed by atoms with Gasteiger partial charge >= 0.3 is 0 Å². The first-order valence-electron chi connectivity index (χ1n) is 4.73. The van der Waals surface area contributed by atoms with Crippen LogP contribution < -0.4 is 5.32 Å². The monoisotopic (exact) mass is 155 g/mol. The maximum Gasteiger partial charge on any atom is 0.00409 e. The molecule has 11 heavy (non-hydrogen) atoms. The summed E-state index contributed by atoms with van der Waals surface area (Å²) in [4.78, 5) is 0. The highest BCUT2D eigenvalue weighted by molar-refractivity contribution is 4.89. The Bertz CT molecular complexity index is 125. The molecule has 1 aliphatic rings. The number of hydrogen-bond donors (Lipinski definition) is 1. The van der Waals surface area contributed by atoms with Crippen molar-refractivity contribution in [2.75, 3.05) is 7.05 Å². The highest BCUT2D eigenvalue weighted by Gasteiger charge is 2.37. The molecule has 1 saturated carbocycles. The fourth-order valence-electron chi connectivity index (χ4n) is 1.92. The highest BCUT2D eigenvalue weighted by Crippen LogP contribution is 2.47. The molecule has 1 unspecified atom stereocenters. The van der Waals surface area contributed by atoms with Gasteiger partial charge in [-0.1, -0.05) is 13.8 Å². The van der Waals surface area contributed by atoms with Crippen LogP contribution >= 0.6 is 0 Å². The summed E-state index contributed by atoms with van der Waals surface area (Å²) >= 11 is 0. The van der Waals surface area contributed by atoms with Crippen LogP contribution in [0.5, 0.6) is 0 Å². The highest BCUT2D eigenvalue weighted by atomic mass is 14.9. The van der Waals surface area contributed by atoms with Gasteiger partial charge < -0.3 is 5.32 Å². The topological polar surface area (TPSA) is 12.0 Å². The Balaban J connectivity index is 2.32. The Morgan fingerprint density at radius 1 is 1.45 bits per heavy atom. The van der Waals surface area contributed by atoms with Gasteiger partial charge in [0.25, 0.3) is 0 Å². The quantitative estimate of drug-likeness (QED) is 0.657. The molecule has 0 spiro atoms. The van der Waals surface area contributed by atoms with Gasteiger partial charge in [0.15, 0.2) is 0 Å². The van der Waals surface area contributed by atoms with E-state index in [0.29, 0.717) is 11.5 Å². The maximum atomic E-state index is 3.30. The van der Waals surface area contributed by atoms with E-state index < -0.39 is 0 Å². The molecule has 0 heterocycles. The minimum absolute atomic E-state index is 0.572. The first-order valence-corrected chi connectivity index (χ1v) is 4.73. The van der Waals surface area contributed by atoms with Crippen LogP contribution in [0.3, 0.4) is 0 Å². The Hall–Kier alpha value is -0.0400. The maximum absolute atomic E-state index is 3.30.